The number of thiophene rings is 1. The molecular formula is C27H25N5O2S2. The van der Waals surface area contributed by atoms with E-state index in [-0.39, 0.29) is 18.2 Å². The van der Waals surface area contributed by atoms with Crippen molar-refractivity contribution in [1.29, 1.82) is 0 Å². The highest BCUT2D eigenvalue weighted by atomic mass is 32.1. The van der Waals surface area contributed by atoms with Crippen LogP contribution in [0, 0.1) is 20.8 Å². The zero-order chi connectivity index (χ0) is 25.4. The lowest BCUT2D eigenvalue weighted by atomic mass is 10.1. The van der Waals surface area contributed by atoms with Gasteiger partial charge in [0.2, 0.25) is 5.91 Å². The Labute approximate surface area is 217 Å². The van der Waals surface area contributed by atoms with Gasteiger partial charge in [-0.15, -0.1) is 22.7 Å². The highest BCUT2D eigenvalue weighted by molar-refractivity contribution is 7.20. The summed E-state index contributed by atoms with van der Waals surface area (Å²) < 4.78 is 1.88. The average molecular weight is 516 g/mol. The van der Waals surface area contributed by atoms with Crippen LogP contribution in [0.1, 0.15) is 32.2 Å². The minimum absolute atomic E-state index is 0.140. The molecule has 5 aromatic rings. The SMILES string of the molecule is Cc1ccc(NC(=O)Cc2csc(N(C)C(=O)c3cc4c(C)nn(-c5ccccc5)c4s3)n2)c(C)c1. The van der Waals surface area contributed by atoms with E-state index >= 15 is 0 Å². The number of carbonyl (C=O) groups is 2. The highest BCUT2D eigenvalue weighted by Crippen LogP contribution is 2.32. The van der Waals surface area contributed by atoms with Crippen molar-refractivity contribution >= 4 is 55.5 Å². The number of fused-ring (bicyclic) bond motifs is 1. The second-order valence-corrected chi connectivity index (χ2v) is 10.6. The van der Waals surface area contributed by atoms with E-state index in [9.17, 15) is 9.59 Å². The Morgan fingerprint density at radius 3 is 2.58 bits per heavy atom. The van der Waals surface area contributed by atoms with Crippen molar-refractivity contribution in [3.63, 3.8) is 0 Å². The van der Waals surface area contributed by atoms with Crippen molar-refractivity contribution < 1.29 is 9.59 Å². The number of hydrogen-bond acceptors (Lipinski definition) is 6. The Hall–Kier alpha value is -3.82. The molecule has 3 aromatic heterocycles. The minimum atomic E-state index is -0.143. The number of amides is 2. The summed E-state index contributed by atoms with van der Waals surface area (Å²) >= 11 is 2.76. The average Bonchev–Trinajstić information content (AvgIpc) is 3.57. The van der Waals surface area contributed by atoms with Gasteiger partial charge in [-0.05, 0) is 50.6 Å². The van der Waals surface area contributed by atoms with E-state index in [0.717, 1.165) is 38.4 Å². The zero-order valence-corrected chi connectivity index (χ0v) is 22.0. The fourth-order valence-electron chi connectivity index (χ4n) is 3.99. The van der Waals surface area contributed by atoms with Gasteiger partial charge in [-0.25, -0.2) is 9.67 Å². The molecule has 0 saturated heterocycles. The summed E-state index contributed by atoms with van der Waals surface area (Å²) in [5, 5.41) is 10.9. The van der Waals surface area contributed by atoms with E-state index in [1.54, 1.807) is 7.05 Å². The molecule has 0 radical (unpaired) electrons. The Morgan fingerprint density at radius 1 is 1.06 bits per heavy atom. The number of rotatable bonds is 6. The summed E-state index contributed by atoms with van der Waals surface area (Å²) in [6.07, 6.45) is 0.140. The van der Waals surface area contributed by atoms with Gasteiger partial charge in [0.15, 0.2) is 5.13 Å². The second kappa shape index (κ2) is 9.67. The van der Waals surface area contributed by atoms with Crippen molar-refractivity contribution in [1.82, 2.24) is 14.8 Å². The molecule has 182 valence electrons. The van der Waals surface area contributed by atoms with Gasteiger partial charge in [-0.3, -0.25) is 14.5 Å². The van der Waals surface area contributed by atoms with Gasteiger partial charge >= 0.3 is 0 Å². The molecule has 0 aliphatic rings. The van der Waals surface area contributed by atoms with Gasteiger partial charge in [0, 0.05) is 23.5 Å². The third-order valence-corrected chi connectivity index (χ3v) is 7.95. The molecule has 0 saturated carbocycles. The molecule has 7 nitrogen and oxygen atoms in total. The van der Waals surface area contributed by atoms with E-state index in [1.807, 2.05) is 85.4 Å². The van der Waals surface area contributed by atoms with E-state index in [1.165, 1.54) is 27.6 Å². The number of aromatic nitrogens is 3. The third-order valence-electron chi connectivity index (χ3n) is 5.89. The number of aryl methyl sites for hydroxylation is 3. The van der Waals surface area contributed by atoms with Gasteiger partial charge in [-0.2, -0.15) is 5.10 Å². The molecule has 0 fully saturated rings. The van der Waals surface area contributed by atoms with Crippen LogP contribution in [0.25, 0.3) is 15.9 Å². The predicted molar refractivity (Wildman–Crippen MR) is 147 cm³/mol. The number of para-hydroxylation sites is 1. The van der Waals surface area contributed by atoms with E-state index < -0.39 is 0 Å². The Kier molecular flexibility index (Phi) is 6.42. The summed E-state index contributed by atoms with van der Waals surface area (Å²) in [6.45, 7) is 5.94. The number of thiazole rings is 1. The number of nitrogens with one attached hydrogen (secondary N) is 1. The number of nitrogens with zero attached hydrogens (tertiary/aromatic N) is 4. The third kappa shape index (κ3) is 4.67. The molecule has 1 N–H and O–H groups in total. The maximum absolute atomic E-state index is 13.3. The smallest absolute Gasteiger partial charge is 0.269 e. The molecule has 0 atom stereocenters. The van der Waals surface area contributed by atoms with Crippen LogP contribution >= 0.6 is 22.7 Å². The molecule has 0 bridgehead atoms. The lowest BCUT2D eigenvalue weighted by molar-refractivity contribution is -0.115. The Balaban J connectivity index is 1.31. The van der Waals surface area contributed by atoms with Crippen LogP contribution in [0.4, 0.5) is 10.8 Å². The first-order valence-electron chi connectivity index (χ1n) is 11.4. The first-order valence-corrected chi connectivity index (χ1v) is 13.1. The maximum atomic E-state index is 13.3. The van der Waals surface area contributed by atoms with Crippen molar-refractivity contribution in [2.75, 3.05) is 17.3 Å². The summed E-state index contributed by atoms with van der Waals surface area (Å²) in [6, 6.07) is 17.7. The van der Waals surface area contributed by atoms with Crippen LogP contribution in [0.2, 0.25) is 0 Å². The lowest BCUT2D eigenvalue weighted by Crippen LogP contribution is -2.25. The first kappa shape index (κ1) is 23.9. The Morgan fingerprint density at radius 2 is 1.83 bits per heavy atom. The van der Waals surface area contributed by atoms with Crippen molar-refractivity contribution in [3.05, 3.63) is 87.4 Å². The quantitative estimate of drug-likeness (QED) is 0.304. The monoisotopic (exact) mass is 515 g/mol. The van der Waals surface area contributed by atoms with Crippen LogP contribution in [-0.2, 0) is 11.2 Å². The summed E-state index contributed by atoms with van der Waals surface area (Å²) in [5.41, 5.74) is 5.41. The van der Waals surface area contributed by atoms with Crippen molar-refractivity contribution in [2.24, 2.45) is 0 Å². The molecule has 0 unspecified atom stereocenters. The van der Waals surface area contributed by atoms with Gasteiger partial charge in [0.25, 0.3) is 5.91 Å². The van der Waals surface area contributed by atoms with Gasteiger partial charge < -0.3 is 5.32 Å². The molecule has 3 heterocycles. The highest BCUT2D eigenvalue weighted by Gasteiger charge is 2.22. The van der Waals surface area contributed by atoms with Crippen molar-refractivity contribution in [2.45, 2.75) is 27.2 Å². The maximum Gasteiger partial charge on any atom is 0.269 e. The van der Waals surface area contributed by atoms with Crippen molar-refractivity contribution in [3.8, 4) is 5.69 Å². The zero-order valence-electron chi connectivity index (χ0n) is 20.4. The van der Waals surface area contributed by atoms with Crippen LogP contribution in [0.5, 0.6) is 0 Å². The van der Waals surface area contributed by atoms with Gasteiger partial charge in [0.1, 0.15) is 4.83 Å². The summed E-state index contributed by atoms with van der Waals surface area (Å²) in [5.74, 6) is -0.283. The predicted octanol–water partition coefficient (Wildman–Crippen LogP) is 5.93. The topological polar surface area (TPSA) is 80.1 Å². The molecule has 0 aliphatic heterocycles. The van der Waals surface area contributed by atoms with E-state index in [0.29, 0.717) is 15.7 Å². The molecule has 2 aromatic carbocycles. The molecule has 2 amide bonds. The second-order valence-electron chi connectivity index (χ2n) is 8.69. The molecule has 0 spiro atoms. The number of hydrogen-bond donors (Lipinski definition) is 1. The summed E-state index contributed by atoms with van der Waals surface area (Å²) in [7, 11) is 1.71. The molecule has 9 heteroatoms. The van der Waals surface area contributed by atoms with E-state index in [2.05, 4.69) is 15.4 Å². The fourth-order valence-corrected chi connectivity index (χ4v) is 5.94. The number of benzene rings is 2. The molecule has 5 rings (SSSR count). The number of anilines is 2. The number of carbonyl (C=O) groups excluding carboxylic acids is 2. The van der Waals surface area contributed by atoms with Crippen LogP contribution in [0.3, 0.4) is 0 Å². The van der Waals surface area contributed by atoms with Crippen LogP contribution in [-0.4, -0.2) is 33.6 Å². The lowest BCUT2D eigenvalue weighted by Gasteiger charge is -2.12. The minimum Gasteiger partial charge on any atom is -0.326 e. The standard InChI is InChI=1S/C27H25N5O2S2/c1-16-10-11-22(17(2)12-16)29-24(33)13-19-15-35-27(28-19)31(4)25(34)23-14-21-18(3)30-32(26(21)36-23)20-8-6-5-7-9-20/h5-12,14-15H,13H2,1-4H3,(H,29,33). The van der Waals surface area contributed by atoms with Crippen LogP contribution in [0.15, 0.2) is 60.0 Å². The van der Waals surface area contributed by atoms with Crippen LogP contribution < -0.4 is 10.2 Å². The van der Waals surface area contributed by atoms with Gasteiger partial charge in [0.05, 0.1) is 28.4 Å². The fraction of sp³-hybridized carbons (Fsp3) is 0.185. The molecular weight excluding hydrogens is 490 g/mol. The normalized spacial score (nSPS) is 11.1. The first-order chi connectivity index (χ1) is 17.3. The van der Waals surface area contributed by atoms with E-state index in [4.69, 9.17) is 0 Å². The Bertz CT molecular complexity index is 1580. The summed E-state index contributed by atoms with van der Waals surface area (Å²) in [4.78, 5) is 33.5. The van der Waals surface area contributed by atoms with Gasteiger partial charge in [-0.1, -0.05) is 35.9 Å². The molecule has 0 aliphatic carbocycles. The molecule has 36 heavy (non-hydrogen) atoms. The largest absolute Gasteiger partial charge is 0.326 e.